The number of anilines is 2. The van der Waals surface area contributed by atoms with Gasteiger partial charge >= 0.3 is 0 Å². The highest BCUT2D eigenvalue weighted by atomic mass is 16.5. The van der Waals surface area contributed by atoms with Gasteiger partial charge in [0.2, 0.25) is 5.95 Å². The third-order valence-corrected chi connectivity index (χ3v) is 2.29. The molecule has 76 valence electrons. The van der Waals surface area contributed by atoms with E-state index in [1.807, 2.05) is 6.92 Å². The van der Waals surface area contributed by atoms with Crippen molar-refractivity contribution in [2.45, 2.75) is 6.92 Å². The number of nitrogens with two attached hydrogens (primary N) is 1. The Bertz CT molecular complexity index is 323. The number of nitrogens with zero attached hydrogens (tertiary/aromatic N) is 3. The molecule has 1 aromatic rings. The van der Waals surface area contributed by atoms with E-state index in [1.54, 1.807) is 6.20 Å². The Kier molecular flexibility index (Phi) is 2.49. The van der Waals surface area contributed by atoms with Crippen LogP contribution in [0.15, 0.2) is 6.20 Å². The van der Waals surface area contributed by atoms with E-state index in [0.29, 0.717) is 11.8 Å². The van der Waals surface area contributed by atoms with Crippen LogP contribution in [0.3, 0.4) is 0 Å². The Morgan fingerprint density at radius 2 is 2.14 bits per heavy atom. The second-order valence-electron chi connectivity index (χ2n) is 3.34. The molecule has 14 heavy (non-hydrogen) atoms. The van der Waals surface area contributed by atoms with E-state index in [1.165, 1.54) is 0 Å². The lowest BCUT2D eigenvalue weighted by molar-refractivity contribution is 0.122. The van der Waals surface area contributed by atoms with Crippen LogP contribution in [0.2, 0.25) is 0 Å². The fourth-order valence-corrected chi connectivity index (χ4v) is 1.36. The lowest BCUT2D eigenvalue weighted by atomic mass is 10.3. The van der Waals surface area contributed by atoms with Crippen molar-refractivity contribution in [3.63, 3.8) is 0 Å². The standard InChI is InChI=1S/C9H14N4O/c1-7-6-11-9(12-8(7)10)13-2-4-14-5-3-13/h6H,2-5H2,1H3,(H2,10,11,12). The third kappa shape index (κ3) is 1.77. The number of nitrogen functional groups attached to an aromatic ring is 1. The van der Waals surface area contributed by atoms with E-state index >= 15 is 0 Å². The molecule has 1 fully saturated rings. The van der Waals surface area contributed by atoms with Gasteiger partial charge in [0.15, 0.2) is 0 Å². The van der Waals surface area contributed by atoms with Crippen LogP contribution in [0.25, 0.3) is 0 Å². The van der Waals surface area contributed by atoms with E-state index in [-0.39, 0.29) is 0 Å². The lowest BCUT2D eigenvalue weighted by Gasteiger charge is -2.26. The van der Waals surface area contributed by atoms with E-state index in [9.17, 15) is 0 Å². The van der Waals surface area contributed by atoms with Crippen LogP contribution in [0.4, 0.5) is 11.8 Å². The molecule has 2 N–H and O–H groups in total. The first kappa shape index (κ1) is 9.21. The minimum absolute atomic E-state index is 0.557. The van der Waals surface area contributed by atoms with Gasteiger partial charge in [-0.3, -0.25) is 0 Å². The number of aromatic nitrogens is 2. The molecule has 0 aliphatic carbocycles. The van der Waals surface area contributed by atoms with Gasteiger partial charge in [-0.25, -0.2) is 4.98 Å². The van der Waals surface area contributed by atoms with Crippen molar-refractivity contribution in [3.8, 4) is 0 Å². The van der Waals surface area contributed by atoms with Crippen LogP contribution in [0, 0.1) is 6.92 Å². The fourth-order valence-electron chi connectivity index (χ4n) is 1.36. The number of hydrogen-bond acceptors (Lipinski definition) is 5. The maximum absolute atomic E-state index is 5.72. The lowest BCUT2D eigenvalue weighted by Crippen LogP contribution is -2.37. The maximum atomic E-state index is 5.72. The van der Waals surface area contributed by atoms with Crippen molar-refractivity contribution >= 4 is 11.8 Å². The molecule has 0 radical (unpaired) electrons. The zero-order valence-corrected chi connectivity index (χ0v) is 8.23. The summed E-state index contributed by atoms with van der Waals surface area (Å²) in [5, 5.41) is 0. The van der Waals surface area contributed by atoms with Gasteiger partial charge in [0.1, 0.15) is 5.82 Å². The van der Waals surface area contributed by atoms with Crippen molar-refractivity contribution < 1.29 is 4.74 Å². The Hall–Kier alpha value is -1.36. The van der Waals surface area contributed by atoms with Gasteiger partial charge in [-0.15, -0.1) is 0 Å². The normalized spacial score (nSPS) is 17.1. The smallest absolute Gasteiger partial charge is 0.227 e. The van der Waals surface area contributed by atoms with Crippen molar-refractivity contribution in [2.75, 3.05) is 36.9 Å². The summed E-state index contributed by atoms with van der Waals surface area (Å²) >= 11 is 0. The summed E-state index contributed by atoms with van der Waals surface area (Å²) in [5.74, 6) is 1.26. The Labute approximate surface area is 82.9 Å². The van der Waals surface area contributed by atoms with Gasteiger partial charge in [0, 0.05) is 24.8 Å². The summed E-state index contributed by atoms with van der Waals surface area (Å²) in [4.78, 5) is 10.6. The molecule has 5 nitrogen and oxygen atoms in total. The maximum Gasteiger partial charge on any atom is 0.227 e. The molecule has 5 heteroatoms. The summed E-state index contributed by atoms with van der Waals surface area (Å²) in [5.41, 5.74) is 6.64. The highest BCUT2D eigenvalue weighted by Gasteiger charge is 2.13. The first-order chi connectivity index (χ1) is 6.77. The Morgan fingerprint density at radius 1 is 1.43 bits per heavy atom. The van der Waals surface area contributed by atoms with Crippen molar-refractivity contribution in [3.05, 3.63) is 11.8 Å². The molecule has 0 aromatic carbocycles. The van der Waals surface area contributed by atoms with Gasteiger partial charge in [-0.05, 0) is 6.92 Å². The highest BCUT2D eigenvalue weighted by molar-refractivity contribution is 5.43. The first-order valence-electron chi connectivity index (χ1n) is 4.69. The minimum Gasteiger partial charge on any atom is -0.383 e. The number of hydrogen-bond donors (Lipinski definition) is 1. The average Bonchev–Trinajstić information content (AvgIpc) is 2.23. The summed E-state index contributed by atoms with van der Waals surface area (Å²) in [6.45, 7) is 5.04. The van der Waals surface area contributed by atoms with Crippen LogP contribution >= 0.6 is 0 Å². The fraction of sp³-hybridized carbons (Fsp3) is 0.556. The van der Waals surface area contributed by atoms with E-state index < -0.39 is 0 Å². The summed E-state index contributed by atoms with van der Waals surface area (Å²) in [7, 11) is 0. The Balaban J connectivity index is 2.18. The van der Waals surface area contributed by atoms with Crippen LogP contribution in [0.5, 0.6) is 0 Å². The molecule has 2 rings (SSSR count). The van der Waals surface area contributed by atoms with Gasteiger partial charge < -0.3 is 15.4 Å². The molecule has 1 aliphatic rings. The number of ether oxygens (including phenoxy) is 1. The van der Waals surface area contributed by atoms with E-state index in [4.69, 9.17) is 10.5 Å². The first-order valence-corrected chi connectivity index (χ1v) is 4.69. The molecule has 0 saturated carbocycles. The SMILES string of the molecule is Cc1cnc(N2CCOCC2)nc1N. The molecule has 1 saturated heterocycles. The van der Waals surface area contributed by atoms with Crippen LogP contribution in [0.1, 0.15) is 5.56 Å². The van der Waals surface area contributed by atoms with Crippen LogP contribution in [-0.2, 0) is 4.74 Å². The molecule has 0 spiro atoms. The average molecular weight is 194 g/mol. The molecule has 1 aromatic heterocycles. The zero-order chi connectivity index (χ0) is 9.97. The monoisotopic (exact) mass is 194 g/mol. The highest BCUT2D eigenvalue weighted by Crippen LogP contribution is 2.13. The molecule has 0 atom stereocenters. The van der Waals surface area contributed by atoms with Gasteiger partial charge in [0.05, 0.1) is 13.2 Å². The Morgan fingerprint density at radius 3 is 2.79 bits per heavy atom. The minimum atomic E-state index is 0.557. The second-order valence-corrected chi connectivity index (χ2v) is 3.34. The van der Waals surface area contributed by atoms with Gasteiger partial charge in [-0.1, -0.05) is 0 Å². The molecular formula is C9H14N4O. The van der Waals surface area contributed by atoms with Crippen molar-refractivity contribution in [1.82, 2.24) is 9.97 Å². The molecule has 1 aliphatic heterocycles. The largest absolute Gasteiger partial charge is 0.383 e. The molecule has 0 amide bonds. The van der Waals surface area contributed by atoms with Crippen molar-refractivity contribution in [2.24, 2.45) is 0 Å². The predicted molar refractivity (Wildman–Crippen MR) is 54.2 cm³/mol. The van der Waals surface area contributed by atoms with E-state index in [2.05, 4.69) is 14.9 Å². The van der Waals surface area contributed by atoms with Gasteiger partial charge in [-0.2, -0.15) is 4.98 Å². The number of rotatable bonds is 1. The number of morpholine rings is 1. The summed E-state index contributed by atoms with van der Waals surface area (Å²) in [6, 6.07) is 0. The summed E-state index contributed by atoms with van der Waals surface area (Å²) in [6.07, 6.45) is 1.76. The molecule has 0 unspecified atom stereocenters. The predicted octanol–water partition coefficient (Wildman–Crippen LogP) is 0.204. The second kappa shape index (κ2) is 3.79. The summed E-state index contributed by atoms with van der Waals surface area (Å²) < 4.78 is 5.25. The third-order valence-electron chi connectivity index (χ3n) is 2.29. The van der Waals surface area contributed by atoms with E-state index in [0.717, 1.165) is 31.9 Å². The topological polar surface area (TPSA) is 64.3 Å². The number of aryl methyl sites for hydroxylation is 1. The quantitative estimate of drug-likeness (QED) is 0.692. The van der Waals surface area contributed by atoms with Crippen LogP contribution < -0.4 is 10.6 Å². The molecule has 0 bridgehead atoms. The molecular weight excluding hydrogens is 180 g/mol. The van der Waals surface area contributed by atoms with Crippen LogP contribution in [-0.4, -0.2) is 36.3 Å². The molecule has 2 heterocycles. The van der Waals surface area contributed by atoms with Gasteiger partial charge in [0.25, 0.3) is 0 Å². The van der Waals surface area contributed by atoms with Crippen molar-refractivity contribution in [1.29, 1.82) is 0 Å². The zero-order valence-electron chi connectivity index (χ0n) is 8.23.